The van der Waals surface area contributed by atoms with Crippen molar-refractivity contribution < 1.29 is 13.6 Å². The summed E-state index contributed by atoms with van der Waals surface area (Å²) in [7, 11) is 0. The van der Waals surface area contributed by atoms with Crippen molar-refractivity contribution in [1.82, 2.24) is 4.98 Å². The molecule has 2 heterocycles. The molecule has 6 heteroatoms. The second-order valence-corrected chi connectivity index (χ2v) is 6.06. The van der Waals surface area contributed by atoms with Crippen molar-refractivity contribution in [3.63, 3.8) is 0 Å². The van der Waals surface area contributed by atoms with E-state index < -0.39 is 11.7 Å². The van der Waals surface area contributed by atoms with E-state index in [0.29, 0.717) is 27.9 Å². The van der Waals surface area contributed by atoms with Gasteiger partial charge in [-0.2, -0.15) is 0 Å². The number of hydrogen-bond donors (Lipinski definition) is 1. The van der Waals surface area contributed by atoms with Gasteiger partial charge >= 0.3 is 0 Å². The highest BCUT2D eigenvalue weighted by Crippen LogP contribution is 2.26. The van der Waals surface area contributed by atoms with E-state index in [4.69, 9.17) is 16.0 Å². The molecule has 0 fully saturated rings. The predicted molar refractivity (Wildman–Crippen MR) is 98.8 cm³/mol. The van der Waals surface area contributed by atoms with Crippen LogP contribution in [0.3, 0.4) is 0 Å². The van der Waals surface area contributed by atoms with Crippen molar-refractivity contribution in [3.8, 4) is 11.5 Å². The summed E-state index contributed by atoms with van der Waals surface area (Å²) < 4.78 is 19.4. The number of rotatable bonds is 3. The van der Waals surface area contributed by atoms with Crippen LogP contribution in [0.1, 0.15) is 10.4 Å². The van der Waals surface area contributed by atoms with Gasteiger partial charge in [0.05, 0.1) is 23.0 Å². The third-order valence-electron chi connectivity index (χ3n) is 3.91. The maximum absolute atomic E-state index is 14.0. The Kier molecular flexibility index (Phi) is 4.14. The van der Waals surface area contributed by atoms with Crippen LogP contribution < -0.4 is 5.32 Å². The Hall–Kier alpha value is -3.18. The number of furan rings is 1. The Morgan fingerprint density at radius 1 is 1.08 bits per heavy atom. The Morgan fingerprint density at radius 2 is 1.92 bits per heavy atom. The molecule has 128 valence electrons. The van der Waals surface area contributed by atoms with Gasteiger partial charge in [-0.05, 0) is 42.5 Å². The van der Waals surface area contributed by atoms with E-state index in [0.717, 1.165) is 6.07 Å². The molecule has 0 radical (unpaired) electrons. The Balaban J connectivity index is 1.80. The third kappa shape index (κ3) is 3.05. The Labute approximate surface area is 153 Å². The highest BCUT2D eigenvalue weighted by molar-refractivity contribution is 6.30. The van der Waals surface area contributed by atoms with E-state index in [9.17, 15) is 9.18 Å². The van der Waals surface area contributed by atoms with Crippen LogP contribution in [0.4, 0.5) is 10.1 Å². The molecule has 0 aliphatic carbocycles. The molecule has 4 rings (SSSR count). The fourth-order valence-corrected chi connectivity index (χ4v) is 2.85. The summed E-state index contributed by atoms with van der Waals surface area (Å²) in [6, 6.07) is 16.5. The number of halogens is 2. The summed E-state index contributed by atoms with van der Waals surface area (Å²) in [5.74, 6) is -0.504. The number of hydrogen-bond acceptors (Lipinski definition) is 3. The Morgan fingerprint density at radius 3 is 2.69 bits per heavy atom. The Bertz CT molecular complexity index is 1110. The van der Waals surface area contributed by atoms with Crippen LogP contribution in [0.2, 0.25) is 5.02 Å². The molecule has 0 bridgehead atoms. The minimum Gasteiger partial charge on any atom is -0.463 e. The molecule has 0 unspecified atom stereocenters. The first-order valence-corrected chi connectivity index (χ1v) is 8.20. The van der Waals surface area contributed by atoms with Crippen LogP contribution in [0.15, 0.2) is 71.3 Å². The summed E-state index contributed by atoms with van der Waals surface area (Å²) >= 11 is 5.76. The molecule has 0 atom stereocenters. The largest absolute Gasteiger partial charge is 0.463 e. The average Bonchev–Trinajstić information content (AvgIpc) is 3.18. The molecule has 0 aliphatic rings. The highest BCUT2D eigenvalue weighted by atomic mass is 35.5. The van der Waals surface area contributed by atoms with E-state index in [2.05, 4.69) is 10.3 Å². The number of para-hydroxylation sites is 1. The number of carbonyl (C=O) groups excluding carboxylic acids is 1. The van der Waals surface area contributed by atoms with E-state index >= 15 is 0 Å². The summed E-state index contributed by atoms with van der Waals surface area (Å²) in [4.78, 5) is 17.3. The average molecular weight is 367 g/mol. The number of benzene rings is 2. The SMILES string of the molecule is O=C(Nc1ccc(Cl)cc1F)c1cc(-c2ccco2)nc2ccccc12. The zero-order valence-electron chi connectivity index (χ0n) is 13.4. The lowest BCUT2D eigenvalue weighted by atomic mass is 10.1. The van der Waals surface area contributed by atoms with E-state index in [1.54, 1.807) is 30.3 Å². The fourth-order valence-electron chi connectivity index (χ4n) is 2.69. The number of carbonyl (C=O) groups is 1. The third-order valence-corrected chi connectivity index (χ3v) is 4.15. The highest BCUT2D eigenvalue weighted by Gasteiger charge is 2.16. The van der Waals surface area contributed by atoms with Gasteiger partial charge in [-0.1, -0.05) is 29.8 Å². The zero-order chi connectivity index (χ0) is 18.1. The monoisotopic (exact) mass is 366 g/mol. The quantitative estimate of drug-likeness (QED) is 0.518. The second-order valence-electron chi connectivity index (χ2n) is 5.63. The van der Waals surface area contributed by atoms with Gasteiger partial charge in [-0.3, -0.25) is 4.79 Å². The smallest absolute Gasteiger partial charge is 0.256 e. The van der Waals surface area contributed by atoms with Crippen molar-refractivity contribution in [2.75, 3.05) is 5.32 Å². The summed E-state index contributed by atoms with van der Waals surface area (Å²) in [6.07, 6.45) is 1.54. The van der Waals surface area contributed by atoms with Gasteiger partial charge < -0.3 is 9.73 Å². The van der Waals surface area contributed by atoms with Crippen molar-refractivity contribution in [2.24, 2.45) is 0 Å². The van der Waals surface area contributed by atoms with Crippen molar-refractivity contribution in [2.45, 2.75) is 0 Å². The van der Waals surface area contributed by atoms with Gasteiger partial charge in [0.2, 0.25) is 0 Å². The van der Waals surface area contributed by atoms with E-state index in [1.165, 1.54) is 18.4 Å². The van der Waals surface area contributed by atoms with Crippen LogP contribution in [-0.2, 0) is 0 Å². The number of nitrogens with one attached hydrogen (secondary N) is 1. The van der Waals surface area contributed by atoms with E-state index in [-0.39, 0.29) is 10.7 Å². The lowest BCUT2D eigenvalue weighted by Gasteiger charge is -2.10. The van der Waals surface area contributed by atoms with Crippen LogP contribution in [0.5, 0.6) is 0 Å². The molecule has 0 saturated heterocycles. The molecule has 1 amide bonds. The molecule has 26 heavy (non-hydrogen) atoms. The number of fused-ring (bicyclic) bond motifs is 1. The second kappa shape index (κ2) is 6.61. The zero-order valence-corrected chi connectivity index (χ0v) is 14.1. The first kappa shape index (κ1) is 16.3. The molecular weight excluding hydrogens is 355 g/mol. The summed E-state index contributed by atoms with van der Waals surface area (Å²) in [5.41, 5.74) is 1.59. The molecule has 2 aromatic heterocycles. The molecule has 0 spiro atoms. The maximum atomic E-state index is 14.0. The lowest BCUT2D eigenvalue weighted by molar-refractivity contribution is 0.102. The van der Waals surface area contributed by atoms with Crippen LogP contribution in [0, 0.1) is 5.82 Å². The minimum atomic E-state index is -0.601. The van der Waals surface area contributed by atoms with Gasteiger partial charge in [0.25, 0.3) is 5.91 Å². The van der Waals surface area contributed by atoms with Gasteiger partial charge in [-0.25, -0.2) is 9.37 Å². The summed E-state index contributed by atoms with van der Waals surface area (Å²) in [6.45, 7) is 0. The molecule has 4 nitrogen and oxygen atoms in total. The number of anilines is 1. The van der Waals surface area contributed by atoms with Crippen molar-refractivity contribution in [3.05, 3.63) is 83.3 Å². The standard InChI is InChI=1S/C20H12ClFN2O2/c21-12-7-8-17(15(22)10-12)24-20(25)14-11-18(19-6-3-9-26-19)23-16-5-2-1-4-13(14)16/h1-11H,(H,24,25). The number of amides is 1. The maximum Gasteiger partial charge on any atom is 0.256 e. The number of nitrogens with zero attached hydrogens (tertiary/aromatic N) is 1. The van der Waals surface area contributed by atoms with E-state index in [1.807, 2.05) is 12.1 Å². The molecule has 0 aliphatic heterocycles. The van der Waals surface area contributed by atoms with Crippen LogP contribution in [0.25, 0.3) is 22.4 Å². The first-order chi connectivity index (χ1) is 12.6. The number of pyridine rings is 1. The first-order valence-electron chi connectivity index (χ1n) is 7.82. The molecule has 0 saturated carbocycles. The molecular formula is C20H12ClFN2O2. The lowest BCUT2D eigenvalue weighted by Crippen LogP contribution is -2.14. The predicted octanol–water partition coefficient (Wildman–Crippen LogP) is 5.54. The normalized spacial score (nSPS) is 10.8. The fraction of sp³-hybridized carbons (Fsp3) is 0. The van der Waals surface area contributed by atoms with Crippen molar-refractivity contribution >= 4 is 34.1 Å². The number of aromatic nitrogens is 1. The summed E-state index contributed by atoms with van der Waals surface area (Å²) in [5, 5.41) is 3.51. The molecule has 2 aromatic carbocycles. The van der Waals surface area contributed by atoms with Crippen LogP contribution in [-0.4, -0.2) is 10.9 Å². The topological polar surface area (TPSA) is 55.1 Å². The molecule has 1 N–H and O–H groups in total. The minimum absolute atomic E-state index is 0.0554. The van der Waals surface area contributed by atoms with Gasteiger partial charge in [-0.15, -0.1) is 0 Å². The van der Waals surface area contributed by atoms with Gasteiger partial charge in [0.1, 0.15) is 11.5 Å². The van der Waals surface area contributed by atoms with Gasteiger partial charge in [0, 0.05) is 10.4 Å². The molecule has 4 aromatic rings. The van der Waals surface area contributed by atoms with Crippen LogP contribution >= 0.6 is 11.6 Å². The van der Waals surface area contributed by atoms with Gasteiger partial charge in [0.15, 0.2) is 5.76 Å². The van der Waals surface area contributed by atoms with Crippen molar-refractivity contribution in [1.29, 1.82) is 0 Å².